The van der Waals surface area contributed by atoms with Gasteiger partial charge in [0.2, 0.25) is 0 Å². The molecule has 2 saturated carbocycles. The highest BCUT2D eigenvalue weighted by Gasteiger charge is 2.37. The second-order valence-corrected chi connectivity index (χ2v) is 6.49. The number of amides is 1. The van der Waals surface area contributed by atoms with Crippen LogP contribution in [0.5, 0.6) is 0 Å². The standard InChI is InChI=1S/C16H19NO2S/c18-9-2-1-3-13-8-10-20-15(13)16(19)17(14-6-7-14)11-12-4-5-12/h8,10,12,14,18H,2,4-7,9,11H2. The lowest BCUT2D eigenvalue weighted by Gasteiger charge is -2.21. The Morgan fingerprint density at radius 1 is 1.40 bits per heavy atom. The largest absolute Gasteiger partial charge is 0.395 e. The highest BCUT2D eigenvalue weighted by Crippen LogP contribution is 2.36. The molecule has 2 fully saturated rings. The first-order valence-corrected chi connectivity index (χ1v) is 8.15. The van der Waals surface area contributed by atoms with Crippen LogP contribution in [0.1, 0.15) is 47.3 Å². The zero-order valence-corrected chi connectivity index (χ0v) is 12.3. The number of aliphatic hydroxyl groups excluding tert-OH is 1. The van der Waals surface area contributed by atoms with Crippen LogP contribution in [0.4, 0.5) is 0 Å². The van der Waals surface area contributed by atoms with Gasteiger partial charge in [0.05, 0.1) is 6.61 Å². The Hall–Kier alpha value is -1.31. The third kappa shape index (κ3) is 3.23. The van der Waals surface area contributed by atoms with E-state index in [4.69, 9.17) is 5.11 Å². The first-order valence-electron chi connectivity index (χ1n) is 7.28. The highest BCUT2D eigenvalue weighted by molar-refractivity contribution is 7.12. The summed E-state index contributed by atoms with van der Waals surface area (Å²) in [4.78, 5) is 15.6. The Labute approximate surface area is 123 Å². The molecule has 1 aromatic rings. The van der Waals surface area contributed by atoms with Gasteiger partial charge >= 0.3 is 0 Å². The van der Waals surface area contributed by atoms with Gasteiger partial charge < -0.3 is 10.0 Å². The van der Waals surface area contributed by atoms with Gasteiger partial charge in [-0.1, -0.05) is 11.8 Å². The molecule has 20 heavy (non-hydrogen) atoms. The Morgan fingerprint density at radius 3 is 2.85 bits per heavy atom. The number of hydrogen-bond acceptors (Lipinski definition) is 3. The molecule has 0 aromatic carbocycles. The SMILES string of the molecule is O=C(c1sccc1C#CCCO)N(CC1CC1)C1CC1. The van der Waals surface area contributed by atoms with Crippen molar-refractivity contribution >= 4 is 17.2 Å². The third-order valence-electron chi connectivity index (χ3n) is 3.72. The fraction of sp³-hybridized carbons (Fsp3) is 0.562. The molecule has 3 rings (SSSR count). The van der Waals surface area contributed by atoms with Crippen molar-refractivity contribution in [3.63, 3.8) is 0 Å². The minimum absolute atomic E-state index is 0.0658. The van der Waals surface area contributed by atoms with E-state index in [2.05, 4.69) is 16.7 Å². The normalized spacial score (nSPS) is 17.4. The van der Waals surface area contributed by atoms with Crippen molar-refractivity contribution in [3.8, 4) is 11.8 Å². The molecular formula is C16H19NO2S. The molecule has 4 heteroatoms. The minimum atomic E-state index is 0.0658. The Bertz CT molecular complexity index is 546. The maximum atomic E-state index is 12.7. The fourth-order valence-corrected chi connectivity index (χ4v) is 3.08. The molecule has 0 bridgehead atoms. The lowest BCUT2D eigenvalue weighted by Crippen LogP contribution is -2.34. The van der Waals surface area contributed by atoms with E-state index in [1.807, 2.05) is 11.4 Å². The fourth-order valence-electron chi connectivity index (χ4n) is 2.28. The number of thiophene rings is 1. The van der Waals surface area contributed by atoms with E-state index in [0.29, 0.717) is 12.5 Å². The van der Waals surface area contributed by atoms with Crippen LogP contribution >= 0.6 is 11.3 Å². The van der Waals surface area contributed by atoms with Crippen molar-refractivity contribution in [2.45, 2.75) is 38.1 Å². The van der Waals surface area contributed by atoms with Gasteiger partial charge in [0.25, 0.3) is 5.91 Å². The zero-order valence-electron chi connectivity index (χ0n) is 11.5. The molecule has 0 unspecified atom stereocenters. The number of nitrogens with zero attached hydrogens (tertiary/aromatic N) is 1. The summed E-state index contributed by atoms with van der Waals surface area (Å²) in [5.41, 5.74) is 0.815. The molecule has 2 aliphatic rings. The topological polar surface area (TPSA) is 40.5 Å². The molecule has 2 aliphatic carbocycles. The first kappa shape index (κ1) is 13.7. The van der Waals surface area contributed by atoms with Crippen LogP contribution in [-0.4, -0.2) is 35.1 Å². The molecule has 0 spiro atoms. The molecule has 106 valence electrons. The molecule has 0 radical (unpaired) electrons. The average Bonchev–Trinajstić information content (AvgIpc) is 3.35. The van der Waals surface area contributed by atoms with Crippen LogP contribution in [-0.2, 0) is 0 Å². The van der Waals surface area contributed by atoms with Gasteiger partial charge in [-0.05, 0) is 43.0 Å². The van der Waals surface area contributed by atoms with E-state index in [1.54, 1.807) is 0 Å². The Balaban J connectivity index is 1.75. The molecule has 1 amide bonds. The van der Waals surface area contributed by atoms with Crippen LogP contribution < -0.4 is 0 Å². The predicted octanol–water partition coefficient (Wildman–Crippen LogP) is 2.50. The van der Waals surface area contributed by atoms with Crippen LogP contribution in [0, 0.1) is 17.8 Å². The summed E-state index contributed by atoms with van der Waals surface area (Å²) >= 11 is 1.48. The van der Waals surface area contributed by atoms with Crippen LogP contribution in [0.15, 0.2) is 11.4 Å². The monoisotopic (exact) mass is 289 g/mol. The third-order valence-corrected chi connectivity index (χ3v) is 4.62. The molecule has 0 saturated heterocycles. The van der Waals surface area contributed by atoms with Crippen LogP contribution in [0.3, 0.4) is 0 Å². The van der Waals surface area contributed by atoms with E-state index in [1.165, 1.54) is 24.2 Å². The van der Waals surface area contributed by atoms with Crippen LogP contribution in [0.25, 0.3) is 0 Å². The maximum absolute atomic E-state index is 12.7. The van der Waals surface area contributed by atoms with Crippen molar-refractivity contribution in [1.29, 1.82) is 0 Å². The van der Waals surface area contributed by atoms with Crippen molar-refractivity contribution in [2.24, 2.45) is 5.92 Å². The average molecular weight is 289 g/mol. The van der Waals surface area contributed by atoms with Gasteiger partial charge in [0, 0.05) is 24.6 Å². The number of aliphatic hydroxyl groups is 1. The van der Waals surface area contributed by atoms with Gasteiger partial charge in [-0.2, -0.15) is 0 Å². The first-order chi connectivity index (χ1) is 9.79. The molecular weight excluding hydrogens is 270 g/mol. The number of carbonyl (C=O) groups excluding carboxylic acids is 1. The van der Waals surface area contributed by atoms with Crippen LogP contribution in [0.2, 0.25) is 0 Å². The van der Waals surface area contributed by atoms with Gasteiger partial charge in [-0.25, -0.2) is 0 Å². The van der Waals surface area contributed by atoms with E-state index in [-0.39, 0.29) is 12.5 Å². The molecule has 1 aromatic heterocycles. The highest BCUT2D eigenvalue weighted by atomic mass is 32.1. The second kappa shape index (κ2) is 5.99. The summed E-state index contributed by atoms with van der Waals surface area (Å²) in [5, 5.41) is 10.7. The van der Waals surface area contributed by atoms with Gasteiger partial charge in [0.15, 0.2) is 0 Å². The van der Waals surface area contributed by atoms with Crippen molar-refractivity contribution in [2.75, 3.05) is 13.2 Å². The summed E-state index contributed by atoms with van der Waals surface area (Å²) in [7, 11) is 0. The number of carbonyl (C=O) groups is 1. The summed E-state index contributed by atoms with van der Waals surface area (Å²) in [6, 6.07) is 2.37. The van der Waals surface area contributed by atoms with Gasteiger partial charge in [-0.3, -0.25) is 4.79 Å². The number of rotatable bonds is 5. The summed E-state index contributed by atoms with van der Waals surface area (Å²) in [6.45, 7) is 0.987. The van der Waals surface area contributed by atoms with E-state index in [9.17, 15) is 4.79 Å². The number of hydrogen-bond donors (Lipinski definition) is 1. The minimum Gasteiger partial charge on any atom is -0.395 e. The van der Waals surface area contributed by atoms with E-state index >= 15 is 0 Å². The molecule has 1 heterocycles. The van der Waals surface area contributed by atoms with Gasteiger partial charge in [0.1, 0.15) is 4.88 Å². The summed E-state index contributed by atoms with van der Waals surface area (Å²) in [6.07, 6.45) is 5.29. The second-order valence-electron chi connectivity index (χ2n) is 5.57. The lowest BCUT2D eigenvalue weighted by molar-refractivity contribution is 0.0739. The maximum Gasteiger partial charge on any atom is 0.265 e. The summed E-state index contributed by atoms with van der Waals surface area (Å²) in [5.74, 6) is 6.80. The lowest BCUT2D eigenvalue weighted by atomic mass is 10.2. The molecule has 1 N–H and O–H groups in total. The predicted molar refractivity (Wildman–Crippen MR) is 79.7 cm³/mol. The molecule has 0 atom stereocenters. The van der Waals surface area contributed by atoms with E-state index in [0.717, 1.165) is 35.7 Å². The van der Waals surface area contributed by atoms with Crippen molar-refractivity contribution < 1.29 is 9.90 Å². The smallest absolute Gasteiger partial charge is 0.265 e. The molecule has 3 nitrogen and oxygen atoms in total. The summed E-state index contributed by atoms with van der Waals surface area (Å²) < 4.78 is 0. The van der Waals surface area contributed by atoms with Crippen molar-refractivity contribution in [1.82, 2.24) is 4.90 Å². The van der Waals surface area contributed by atoms with E-state index < -0.39 is 0 Å². The quantitative estimate of drug-likeness (QED) is 0.846. The zero-order chi connectivity index (χ0) is 13.9. The van der Waals surface area contributed by atoms with Gasteiger partial charge in [-0.15, -0.1) is 11.3 Å². The Kier molecular flexibility index (Phi) is 4.09. The molecule has 0 aliphatic heterocycles. The van der Waals surface area contributed by atoms with Crippen molar-refractivity contribution in [3.05, 3.63) is 21.9 Å². The Morgan fingerprint density at radius 2 is 2.20 bits per heavy atom.